The molecule has 0 unspecified atom stereocenters. The largest absolute Gasteiger partial charge is 0.439 e. The van der Waals surface area contributed by atoms with E-state index in [0.29, 0.717) is 17.4 Å². The van der Waals surface area contributed by atoms with Crippen molar-refractivity contribution in [2.24, 2.45) is 0 Å². The van der Waals surface area contributed by atoms with E-state index in [2.05, 4.69) is 4.98 Å². The third-order valence-electron chi connectivity index (χ3n) is 2.38. The smallest absolute Gasteiger partial charge is 0.221 e. The van der Waals surface area contributed by atoms with E-state index in [9.17, 15) is 0 Å². The summed E-state index contributed by atoms with van der Waals surface area (Å²) in [4.78, 5) is 4.07. The number of anilines is 1. The molecule has 1 heterocycles. The number of aryl methyl sites for hydroxylation is 2. The van der Waals surface area contributed by atoms with Gasteiger partial charge in [0, 0.05) is 11.1 Å². The van der Waals surface area contributed by atoms with Crippen molar-refractivity contribution >= 4 is 17.4 Å². The van der Waals surface area contributed by atoms with Gasteiger partial charge in [0.05, 0.1) is 0 Å². The molecule has 2 aromatic rings. The van der Waals surface area contributed by atoms with Gasteiger partial charge in [0.1, 0.15) is 11.6 Å². The van der Waals surface area contributed by atoms with Crippen LogP contribution >= 0.6 is 11.6 Å². The Morgan fingerprint density at radius 3 is 2.41 bits per heavy atom. The number of benzene rings is 1. The van der Waals surface area contributed by atoms with Gasteiger partial charge in [-0.3, -0.25) is 0 Å². The second kappa shape index (κ2) is 4.63. The summed E-state index contributed by atoms with van der Waals surface area (Å²) in [5, 5.41) is 0.762. The number of hydrogen-bond donors (Lipinski definition) is 1. The Kier molecular flexibility index (Phi) is 3.20. The van der Waals surface area contributed by atoms with Crippen molar-refractivity contribution in [3.63, 3.8) is 0 Å². The van der Waals surface area contributed by atoms with E-state index in [0.717, 1.165) is 16.1 Å². The number of halogens is 1. The molecule has 0 aliphatic carbocycles. The maximum atomic E-state index is 6.09. The average Bonchev–Trinajstić information content (AvgIpc) is 2.26. The van der Waals surface area contributed by atoms with Crippen LogP contribution in [0.1, 0.15) is 11.1 Å². The van der Waals surface area contributed by atoms with E-state index in [4.69, 9.17) is 22.1 Å². The van der Waals surface area contributed by atoms with Gasteiger partial charge in [0.2, 0.25) is 5.88 Å². The van der Waals surface area contributed by atoms with Crippen LogP contribution < -0.4 is 10.5 Å². The molecule has 1 aromatic carbocycles. The highest BCUT2D eigenvalue weighted by Gasteiger charge is 2.05. The Labute approximate surface area is 105 Å². The van der Waals surface area contributed by atoms with Gasteiger partial charge in [-0.15, -0.1) is 0 Å². The van der Waals surface area contributed by atoms with Crippen molar-refractivity contribution in [1.29, 1.82) is 0 Å². The summed E-state index contributed by atoms with van der Waals surface area (Å²) in [6, 6.07) is 9.02. The number of nitrogens with two attached hydrogens (primary N) is 1. The quantitative estimate of drug-likeness (QED) is 0.881. The van der Waals surface area contributed by atoms with Crippen LogP contribution in [-0.2, 0) is 0 Å². The Hall–Kier alpha value is -1.74. The molecule has 17 heavy (non-hydrogen) atoms. The molecule has 4 heteroatoms. The molecule has 1 aromatic heterocycles. The molecule has 0 amide bonds. The third-order valence-corrected chi connectivity index (χ3v) is 2.97. The van der Waals surface area contributed by atoms with Crippen LogP contribution in [0.5, 0.6) is 11.6 Å². The highest BCUT2D eigenvalue weighted by molar-refractivity contribution is 6.32. The van der Waals surface area contributed by atoms with Crippen LogP contribution in [0, 0.1) is 13.8 Å². The second-order valence-electron chi connectivity index (χ2n) is 3.87. The lowest BCUT2D eigenvalue weighted by Crippen LogP contribution is -1.93. The summed E-state index contributed by atoms with van der Waals surface area (Å²) < 4.78 is 5.63. The summed E-state index contributed by atoms with van der Waals surface area (Å²) in [6.45, 7) is 3.88. The lowest BCUT2D eigenvalue weighted by Gasteiger charge is -2.09. The van der Waals surface area contributed by atoms with E-state index in [1.165, 1.54) is 0 Å². The minimum atomic E-state index is 0.435. The molecule has 0 bridgehead atoms. The fraction of sp³-hybridized carbons (Fsp3) is 0.154. The zero-order valence-electron chi connectivity index (χ0n) is 9.70. The molecule has 0 fully saturated rings. The van der Waals surface area contributed by atoms with Gasteiger partial charge in [-0.05, 0) is 43.2 Å². The first-order valence-electron chi connectivity index (χ1n) is 5.23. The first-order valence-corrected chi connectivity index (χ1v) is 5.61. The van der Waals surface area contributed by atoms with E-state index in [-0.39, 0.29) is 0 Å². The van der Waals surface area contributed by atoms with Crippen molar-refractivity contribution in [2.75, 3.05) is 5.73 Å². The third kappa shape index (κ3) is 2.68. The average molecular weight is 249 g/mol. The fourth-order valence-corrected chi connectivity index (χ4v) is 1.68. The monoisotopic (exact) mass is 248 g/mol. The SMILES string of the molecule is Cc1cc(Oc2cccc(N)n2)cc(C)c1Cl. The summed E-state index contributed by atoms with van der Waals surface area (Å²) in [5.74, 6) is 1.62. The van der Waals surface area contributed by atoms with Crippen molar-refractivity contribution in [3.8, 4) is 11.6 Å². The predicted octanol–water partition coefficient (Wildman–Crippen LogP) is 3.73. The molecule has 3 nitrogen and oxygen atoms in total. The molecule has 0 spiro atoms. The summed E-state index contributed by atoms with van der Waals surface area (Å²) in [5.41, 5.74) is 7.54. The topological polar surface area (TPSA) is 48.1 Å². The maximum absolute atomic E-state index is 6.09. The molecule has 0 aliphatic rings. The Bertz CT molecular complexity index is 532. The van der Waals surface area contributed by atoms with Crippen molar-refractivity contribution in [2.45, 2.75) is 13.8 Å². The van der Waals surface area contributed by atoms with Crippen molar-refractivity contribution in [3.05, 3.63) is 46.5 Å². The highest BCUT2D eigenvalue weighted by Crippen LogP contribution is 2.28. The van der Waals surface area contributed by atoms with Gasteiger partial charge in [-0.1, -0.05) is 17.7 Å². The number of rotatable bonds is 2. The van der Waals surface area contributed by atoms with Crippen LogP contribution in [0.4, 0.5) is 5.82 Å². The Morgan fingerprint density at radius 1 is 1.18 bits per heavy atom. The summed E-state index contributed by atoms with van der Waals surface area (Å²) in [7, 11) is 0. The number of ether oxygens (including phenoxy) is 1. The number of nitrogens with zero attached hydrogens (tertiary/aromatic N) is 1. The first kappa shape index (κ1) is 11.7. The molecular formula is C13H13ClN2O. The number of aromatic nitrogens is 1. The molecule has 0 aliphatic heterocycles. The van der Waals surface area contributed by atoms with Crippen LogP contribution in [-0.4, -0.2) is 4.98 Å². The van der Waals surface area contributed by atoms with Gasteiger partial charge in [-0.2, -0.15) is 4.98 Å². The van der Waals surface area contributed by atoms with Crippen molar-refractivity contribution < 1.29 is 4.74 Å². The Balaban J connectivity index is 2.31. The van der Waals surface area contributed by atoms with E-state index < -0.39 is 0 Å². The lowest BCUT2D eigenvalue weighted by atomic mass is 10.1. The molecule has 0 saturated heterocycles. The standard InChI is InChI=1S/C13H13ClN2O/c1-8-6-10(7-9(2)13(8)14)17-12-5-3-4-11(15)16-12/h3-7H,1-2H3,(H2,15,16). The first-order chi connectivity index (χ1) is 8.06. The minimum Gasteiger partial charge on any atom is -0.439 e. The van der Waals surface area contributed by atoms with Crippen LogP contribution in [0.2, 0.25) is 5.02 Å². The molecule has 0 radical (unpaired) electrons. The summed E-state index contributed by atoms with van der Waals surface area (Å²) >= 11 is 6.09. The zero-order chi connectivity index (χ0) is 12.4. The van der Waals surface area contributed by atoms with E-state index >= 15 is 0 Å². The zero-order valence-corrected chi connectivity index (χ0v) is 10.5. The van der Waals surface area contributed by atoms with Gasteiger partial charge >= 0.3 is 0 Å². The maximum Gasteiger partial charge on any atom is 0.221 e. The molecule has 2 N–H and O–H groups in total. The molecular weight excluding hydrogens is 236 g/mol. The second-order valence-corrected chi connectivity index (χ2v) is 4.25. The van der Waals surface area contributed by atoms with Crippen LogP contribution in [0.15, 0.2) is 30.3 Å². The Morgan fingerprint density at radius 2 is 1.82 bits per heavy atom. The van der Waals surface area contributed by atoms with E-state index in [1.54, 1.807) is 18.2 Å². The predicted molar refractivity (Wildman–Crippen MR) is 69.6 cm³/mol. The molecule has 2 rings (SSSR count). The van der Waals surface area contributed by atoms with Crippen LogP contribution in [0.25, 0.3) is 0 Å². The lowest BCUT2D eigenvalue weighted by molar-refractivity contribution is 0.463. The number of hydrogen-bond acceptors (Lipinski definition) is 3. The molecule has 0 atom stereocenters. The highest BCUT2D eigenvalue weighted by atomic mass is 35.5. The minimum absolute atomic E-state index is 0.435. The van der Waals surface area contributed by atoms with Gasteiger partial charge < -0.3 is 10.5 Å². The fourth-order valence-electron chi connectivity index (χ4n) is 1.57. The molecule has 88 valence electrons. The van der Waals surface area contributed by atoms with Gasteiger partial charge in [0.15, 0.2) is 0 Å². The number of pyridine rings is 1. The summed E-state index contributed by atoms with van der Waals surface area (Å²) in [6.07, 6.45) is 0. The van der Waals surface area contributed by atoms with Crippen molar-refractivity contribution in [1.82, 2.24) is 4.98 Å². The van der Waals surface area contributed by atoms with Gasteiger partial charge in [0.25, 0.3) is 0 Å². The molecule has 0 saturated carbocycles. The van der Waals surface area contributed by atoms with Gasteiger partial charge in [-0.25, -0.2) is 0 Å². The normalized spacial score (nSPS) is 10.3. The number of nitrogen functional groups attached to an aromatic ring is 1. The van der Waals surface area contributed by atoms with Crippen LogP contribution in [0.3, 0.4) is 0 Å². The van der Waals surface area contributed by atoms with E-state index in [1.807, 2.05) is 26.0 Å².